The van der Waals surface area contributed by atoms with Gasteiger partial charge in [0.05, 0.1) is 11.4 Å². The van der Waals surface area contributed by atoms with Gasteiger partial charge < -0.3 is 13.9 Å². The van der Waals surface area contributed by atoms with Crippen molar-refractivity contribution in [3.63, 3.8) is 0 Å². The van der Waals surface area contributed by atoms with E-state index in [1.807, 2.05) is 66.7 Å². The number of fused-ring (bicyclic) bond motifs is 6. The summed E-state index contributed by atoms with van der Waals surface area (Å²) in [5.74, 6) is 1.57. The summed E-state index contributed by atoms with van der Waals surface area (Å²) in [6.07, 6.45) is 0. The number of nitrogens with zero attached hydrogens (tertiary/aromatic N) is 1. The maximum atomic E-state index is 6.20. The van der Waals surface area contributed by atoms with Crippen LogP contribution in [0.15, 0.2) is 156 Å². The summed E-state index contributed by atoms with van der Waals surface area (Å²) < 4.78 is 18.4. The maximum absolute atomic E-state index is 6.20. The number of hydrogen-bond acceptors (Lipinski definition) is 4. The third-order valence-electron chi connectivity index (χ3n) is 8.69. The molecule has 1 aliphatic rings. The normalized spacial score (nSPS) is 12.2. The van der Waals surface area contributed by atoms with Crippen molar-refractivity contribution in [3.05, 3.63) is 152 Å². The summed E-state index contributed by atoms with van der Waals surface area (Å²) in [6, 6.07) is 52.2. The molecule has 0 aliphatic carbocycles. The second kappa shape index (κ2) is 10.8. The fourth-order valence-corrected chi connectivity index (χ4v) is 6.46. The zero-order chi connectivity index (χ0) is 30.5. The Labute approximate surface area is 266 Å². The van der Waals surface area contributed by atoms with Gasteiger partial charge in [0.1, 0.15) is 22.7 Å². The lowest BCUT2D eigenvalue weighted by Gasteiger charge is -2.14. The molecule has 2 aromatic heterocycles. The van der Waals surface area contributed by atoms with E-state index >= 15 is 0 Å². The van der Waals surface area contributed by atoms with Crippen LogP contribution in [0.3, 0.4) is 0 Å². The van der Waals surface area contributed by atoms with Crippen molar-refractivity contribution in [1.29, 1.82) is 0 Å². The first-order chi connectivity index (χ1) is 22.8. The molecule has 0 unspecified atom stereocenters. The van der Waals surface area contributed by atoms with E-state index in [-0.39, 0.29) is 6.79 Å². The molecule has 0 bridgehead atoms. The predicted molar refractivity (Wildman–Crippen MR) is 185 cm³/mol. The Kier molecular flexibility index (Phi) is 6.17. The minimum absolute atomic E-state index is 0.145. The van der Waals surface area contributed by atoms with Gasteiger partial charge in [-0.25, -0.2) is 4.98 Å². The predicted octanol–water partition coefficient (Wildman–Crippen LogP) is 11.0. The molecule has 0 amide bonds. The van der Waals surface area contributed by atoms with Gasteiger partial charge in [-0.1, -0.05) is 103 Å². The van der Waals surface area contributed by atoms with Crippen LogP contribution >= 0.6 is 0 Å². The van der Waals surface area contributed by atoms with Crippen molar-refractivity contribution >= 4 is 21.9 Å². The zero-order valence-electron chi connectivity index (χ0n) is 24.8. The smallest absolute Gasteiger partial charge is 0.230 e. The van der Waals surface area contributed by atoms with Crippen molar-refractivity contribution in [1.82, 2.24) is 4.98 Å². The highest BCUT2D eigenvalue weighted by Crippen LogP contribution is 2.45. The SMILES string of the molecule is c1ccc(-c2cc(-c3ccc4c(c3)-c3cc(-c5cccc6oc7ccccc7c56)ccc3OCO4)cc(-c3ccccc3)n2)cc1. The quantitative estimate of drug-likeness (QED) is 0.204. The van der Waals surface area contributed by atoms with Gasteiger partial charge in [-0.3, -0.25) is 0 Å². The molecule has 6 aromatic carbocycles. The van der Waals surface area contributed by atoms with Crippen molar-refractivity contribution in [2.24, 2.45) is 0 Å². The summed E-state index contributed by atoms with van der Waals surface area (Å²) >= 11 is 0. The van der Waals surface area contributed by atoms with Gasteiger partial charge in [-0.15, -0.1) is 0 Å². The average molecular weight is 594 g/mol. The molecule has 218 valence electrons. The number of hydrogen-bond donors (Lipinski definition) is 0. The average Bonchev–Trinajstić information content (AvgIpc) is 3.41. The van der Waals surface area contributed by atoms with Gasteiger partial charge in [-0.05, 0) is 70.8 Å². The Morgan fingerprint density at radius 3 is 1.70 bits per heavy atom. The van der Waals surface area contributed by atoms with E-state index in [1.165, 1.54) is 0 Å². The van der Waals surface area contributed by atoms with Crippen LogP contribution in [-0.4, -0.2) is 11.8 Å². The molecule has 4 nitrogen and oxygen atoms in total. The Morgan fingerprint density at radius 1 is 0.413 bits per heavy atom. The molecule has 0 atom stereocenters. The molecule has 0 spiro atoms. The standard InChI is InChI=1S/C42H27NO3/c1-3-10-27(11-4-1)36-24-31(25-37(43-36)28-12-5-2-6-13-28)29-18-20-38-34(22-29)35-23-30(19-21-39(35)45-26-44-38)32-15-9-17-41-42(32)33-14-7-8-16-40(33)46-41/h1-25H,26H2. The van der Waals surface area contributed by atoms with Gasteiger partial charge >= 0.3 is 0 Å². The van der Waals surface area contributed by atoms with E-state index in [9.17, 15) is 0 Å². The van der Waals surface area contributed by atoms with E-state index in [0.717, 1.165) is 89.3 Å². The lowest BCUT2D eigenvalue weighted by molar-refractivity contribution is 0.125. The molecule has 0 saturated heterocycles. The minimum Gasteiger partial charge on any atom is -0.457 e. The van der Waals surface area contributed by atoms with Crippen molar-refractivity contribution in [3.8, 4) is 67.4 Å². The molecule has 4 heteroatoms. The molecular formula is C42H27NO3. The Bertz CT molecular complexity index is 2340. The lowest BCUT2D eigenvalue weighted by Crippen LogP contribution is -2.03. The first kappa shape index (κ1) is 26.3. The molecule has 0 fully saturated rings. The van der Waals surface area contributed by atoms with Crippen molar-refractivity contribution in [2.75, 3.05) is 6.79 Å². The van der Waals surface area contributed by atoms with Crippen molar-refractivity contribution < 1.29 is 13.9 Å². The first-order valence-electron chi connectivity index (χ1n) is 15.4. The molecule has 8 aromatic rings. The monoisotopic (exact) mass is 593 g/mol. The summed E-state index contributed by atoms with van der Waals surface area (Å²) in [7, 11) is 0. The highest BCUT2D eigenvalue weighted by Gasteiger charge is 2.20. The van der Waals surface area contributed by atoms with Crippen LogP contribution in [0.5, 0.6) is 11.5 Å². The number of rotatable bonds is 4. The number of furan rings is 1. The van der Waals surface area contributed by atoms with Gasteiger partial charge in [0.2, 0.25) is 6.79 Å². The number of pyridine rings is 1. The van der Waals surface area contributed by atoms with Gasteiger partial charge in [-0.2, -0.15) is 0 Å². The second-order valence-corrected chi connectivity index (χ2v) is 11.5. The molecule has 0 N–H and O–H groups in total. The Morgan fingerprint density at radius 2 is 1.00 bits per heavy atom. The number of benzene rings is 6. The highest BCUT2D eigenvalue weighted by molar-refractivity contribution is 6.12. The fraction of sp³-hybridized carbons (Fsp3) is 0.0238. The third-order valence-corrected chi connectivity index (χ3v) is 8.69. The van der Waals surface area contributed by atoms with Gasteiger partial charge in [0.25, 0.3) is 0 Å². The van der Waals surface area contributed by atoms with Crippen LogP contribution in [0.2, 0.25) is 0 Å². The van der Waals surface area contributed by atoms with Crippen LogP contribution in [0, 0.1) is 0 Å². The van der Waals surface area contributed by atoms with Crippen molar-refractivity contribution in [2.45, 2.75) is 0 Å². The van der Waals surface area contributed by atoms with Crippen LogP contribution in [-0.2, 0) is 0 Å². The number of para-hydroxylation sites is 1. The Hall–Kier alpha value is -6.13. The van der Waals surface area contributed by atoms with Gasteiger partial charge in [0.15, 0.2) is 0 Å². The summed E-state index contributed by atoms with van der Waals surface area (Å²) in [5.41, 5.74) is 12.1. The van der Waals surface area contributed by atoms with E-state index in [0.29, 0.717) is 0 Å². The molecule has 0 saturated carbocycles. The molecule has 1 aliphatic heterocycles. The van der Waals surface area contributed by atoms with Crippen LogP contribution in [0.4, 0.5) is 0 Å². The highest BCUT2D eigenvalue weighted by atomic mass is 16.7. The Balaban J connectivity index is 1.21. The van der Waals surface area contributed by atoms with E-state index in [4.69, 9.17) is 18.9 Å². The number of aromatic nitrogens is 1. The van der Waals surface area contributed by atoms with E-state index in [2.05, 4.69) is 84.9 Å². The zero-order valence-corrected chi connectivity index (χ0v) is 24.8. The molecule has 0 radical (unpaired) electrons. The minimum atomic E-state index is 0.145. The van der Waals surface area contributed by atoms with Crippen LogP contribution in [0.1, 0.15) is 0 Å². The largest absolute Gasteiger partial charge is 0.457 e. The molecule has 3 heterocycles. The third kappa shape index (κ3) is 4.51. The molecule has 9 rings (SSSR count). The second-order valence-electron chi connectivity index (χ2n) is 11.5. The van der Waals surface area contributed by atoms with E-state index in [1.54, 1.807) is 0 Å². The number of ether oxygens (including phenoxy) is 2. The van der Waals surface area contributed by atoms with Crippen LogP contribution in [0.25, 0.3) is 77.8 Å². The fourth-order valence-electron chi connectivity index (χ4n) is 6.46. The molecule has 46 heavy (non-hydrogen) atoms. The topological polar surface area (TPSA) is 44.5 Å². The first-order valence-corrected chi connectivity index (χ1v) is 15.4. The maximum Gasteiger partial charge on any atom is 0.230 e. The summed E-state index contributed by atoms with van der Waals surface area (Å²) in [5, 5.41) is 2.21. The summed E-state index contributed by atoms with van der Waals surface area (Å²) in [6.45, 7) is 0.145. The van der Waals surface area contributed by atoms with Gasteiger partial charge in [0, 0.05) is 33.0 Å². The molecular weight excluding hydrogens is 566 g/mol. The summed E-state index contributed by atoms with van der Waals surface area (Å²) in [4.78, 5) is 5.07. The van der Waals surface area contributed by atoms with E-state index < -0.39 is 0 Å². The van der Waals surface area contributed by atoms with Crippen LogP contribution < -0.4 is 9.47 Å². The lowest BCUT2D eigenvalue weighted by atomic mass is 9.93.